The van der Waals surface area contributed by atoms with E-state index in [2.05, 4.69) is 24.1 Å². The van der Waals surface area contributed by atoms with E-state index in [1.165, 1.54) is 6.42 Å². The maximum Gasteiger partial charge on any atom is 0.244 e. The molecule has 27 heavy (non-hydrogen) atoms. The first-order valence-corrected chi connectivity index (χ1v) is 9.90. The Morgan fingerprint density at radius 1 is 1.26 bits per heavy atom. The van der Waals surface area contributed by atoms with E-state index in [-0.39, 0.29) is 12.0 Å². The minimum Gasteiger partial charge on any atom is -0.493 e. The number of carbonyl (C=O) groups excluding carboxylic acids is 1. The summed E-state index contributed by atoms with van der Waals surface area (Å²) < 4.78 is 11.1. The molecule has 1 fully saturated rings. The van der Waals surface area contributed by atoms with Crippen molar-refractivity contribution in [3.05, 3.63) is 29.8 Å². The first-order valence-electron chi connectivity index (χ1n) is 9.90. The number of nitrogens with one attached hydrogen (secondary N) is 1. The van der Waals surface area contributed by atoms with Crippen LogP contribution in [0.4, 0.5) is 0 Å². The van der Waals surface area contributed by atoms with Crippen molar-refractivity contribution in [1.82, 2.24) is 10.2 Å². The number of hydrogen-bond donors (Lipinski definition) is 1. The molecule has 1 aromatic carbocycles. The zero-order valence-electron chi connectivity index (χ0n) is 17.3. The summed E-state index contributed by atoms with van der Waals surface area (Å²) in [6.07, 6.45) is 4.74. The number of piperidine rings is 1. The molecule has 1 saturated heterocycles. The van der Waals surface area contributed by atoms with Crippen molar-refractivity contribution < 1.29 is 14.3 Å². The summed E-state index contributed by atoms with van der Waals surface area (Å²) in [5, 5.41) is 2.97. The summed E-state index contributed by atoms with van der Waals surface area (Å²) in [5.74, 6) is 2.78. The minimum atomic E-state index is -0.0745. The van der Waals surface area contributed by atoms with E-state index in [0.29, 0.717) is 18.0 Å². The van der Waals surface area contributed by atoms with Gasteiger partial charge in [-0.1, -0.05) is 19.9 Å². The highest BCUT2D eigenvalue weighted by atomic mass is 16.5. The zero-order chi connectivity index (χ0) is 19.8. The number of methoxy groups -OCH3 is 1. The molecule has 2 atom stereocenters. The molecule has 0 radical (unpaired) electrons. The summed E-state index contributed by atoms with van der Waals surface area (Å²) in [7, 11) is 1.62. The van der Waals surface area contributed by atoms with E-state index in [0.717, 1.165) is 37.0 Å². The average molecular weight is 375 g/mol. The monoisotopic (exact) mass is 374 g/mol. The Hall–Kier alpha value is -2.01. The maximum absolute atomic E-state index is 12.1. The summed E-state index contributed by atoms with van der Waals surface area (Å²) in [4.78, 5) is 14.5. The Bertz CT molecular complexity index is 632. The van der Waals surface area contributed by atoms with Gasteiger partial charge < -0.3 is 19.7 Å². The van der Waals surface area contributed by atoms with Crippen LogP contribution in [0.15, 0.2) is 24.3 Å². The van der Waals surface area contributed by atoms with Crippen LogP contribution >= 0.6 is 0 Å². The highest BCUT2D eigenvalue weighted by Crippen LogP contribution is 2.29. The lowest BCUT2D eigenvalue weighted by Gasteiger charge is -2.34. The predicted molar refractivity (Wildman–Crippen MR) is 110 cm³/mol. The van der Waals surface area contributed by atoms with E-state index < -0.39 is 0 Å². The quantitative estimate of drug-likeness (QED) is 0.707. The average Bonchev–Trinajstić information content (AvgIpc) is 2.59. The van der Waals surface area contributed by atoms with Crippen LogP contribution in [0.25, 0.3) is 6.08 Å². The third kappa shape index (κ3) is 7.25. The second kappa shape index (κ2) is 10.4. The molecular formula is C22H34N2O3. The van der Waals surface area contributed by atoms with E-state index in [4.69, 9.17) is 9.47 Å². The molecule has 150 valence electrons. The van der Waals surface area contributed by atoms with Gasteiger partial charge in [0.25, 0.3) is 0 Å². The molecule has 0 spiro atoms. The Balaban J connectivity index is 1.82. The van der Waals surface area contributed by atoms with Crippen LogP contribution in [-0.4, -0.2) is 50.2 Å². The van der Waals surface area contributed by atoms with Gasteiger partial charge >= 0.3 is 0 Å². The molecular weight excluding hydrogens is 340 g/mol. The lowest BCUT2D eigenvalue weighted by Crippen LogP contribution is -2.42. The number of hydrogen-bond acceptors (Lipinski definition) is 4. The number of nitrogens with zero attached hydrogens (tertiary/aromatic N) is 1. The highest BCUT2D eigenvalue weighted by molar-refractivity contribution is 5.91. The van der Waals surface area contributed by atoms with Crippen LogP contribution < -0.4 is 14.8 Å². The molecule has 1 aromatic rings. The summed E-state index contributed by atoms with van der Waals surface area (Å²) in [6, 6.07) is 5.66. The molecule has 0 bridgehead atoms. The Kier molecular flexibility index (Phi) is 8.17. The van der Waals surface area contributed by atoms with Crippen LogP contribution in [0.3, 0.4) is 0 Å². The first-order chi connectivity index (χ1) is 12.9. The van der Waals surface area contributed by atoms with Gasteiger partial charge in [-0.05, 0) is 55.9 Å². The molecule has 1 aliphatic heterocycles. The van der Waals surface area contributed by atoms with Crippen LogP contribution in [0.1, 0.15) is 39.7 Å². The van der Waals surface area contributed by atoms with Crippen molar-refractivity contribution in [3.8, 4) is 11.5 Å². The van der Waals surface area contributed by atoms with E-state index in [9.17, 15) is 4.79 Å². The molecule has 1 N–H and O–H groups in total. The molecule has 0 aromatic heterocycles. The van der Waals surface area contributed by atoms with E-state index in [1.54, 1.807) is 19.3 Å². The molecule has 2 rings (SSSR count). The summed E-state index contributed by atoms with van der Waals surface area (Å²) >= 11 is 0. The third-order valence-electron chi connectivity index (χ3n) is 4.65. The molecule has 1 amide bonds. The molecule has 0 saturated carbocycles. The van der Waals surface area contributed by atoms with Gasteiger partial charge in [0.15, 0.2) is 11.5 Å². The van der Waals surface area contributed by atoms with Crippen LogP contribution in [-0.2, 0) is 4.79 Å². The maximum atomic E-state index is 12.1. The summed E-state index contributed by atoms with van der Waals surface area (Å²) in [6.45, 7) is 12.4. The van der Waals surface area contributed by atoms with Gasteiger partial charge in [0.1, 0.15) is 0 Å². The molecule has 1 heterocycles. The molecule has 5 heteroatoms. The lowest BCUT2D eigenvalue weighted by atomic mass is 9.92. The zero-order valence-corrected chi connectivity index (χ0v) is 17.3. The fraction of sp³-hybridized carbons (Fsp3) is 0.591. The Morgan fingerprint density at radius 3 is 2.59 bits per heavy atom. The molecule has 5 nitrogen and oxygen atoms in total. The standard InChI is InChI=1S/C22H34N2O3/c1-16(2)27-20-8-6-19(13-21(20)26-5)7-9-22(25)23-10-11-24-14-17(3)12-18(4)15-24/h6-9,13,16-18H,10-12,14-15H2,1-5H3,(H,23,25)/b9-7+. The molecule has 1 aliphatic rings. The Labute approximate surface area is 163 Å². The summed E-state index contributed by atoms with van der Waals surface area (Å²) in [5.41, 5.74) is 0.900. The second-order valence-electron chi connectivity index (χ2n) is 7.91. The van der Waals surface area contributed by atoms with Gasteiger partial charge in [-0.3, -0.25) is 4.79 Å². The first kappa shape index (κ1) is 21.3. The number of carbonyl (C=O) groups is 1. The van der Waals surface area contributed by atoms with Gasteiger partial charge in [-0.15, -0.1) is 0 Å². The highest BCUT2D eigenvalue weighted by Gasteiger charge is 2.21. The number of ether oxygens (including phenoxy) is 2. The lowest BCUT2D eigenvalue weighted by molar-refractivity contribution is -0.116. The van der Waals surface area contributed by atoms with Gasteiger partial charge in [-0.2, -0.15) is 0 Å². The SMILES string of the molecule is COc1cc(/C=C/C(=O)NCCN2CC(C)CC(C)C2)ccc1OC(C)C. The van der Waals surface area contributed by atoms with E-state index >= 15 is 0 Å². The topological polar surface area (TPSA) is 50.8 Å². The fourth-order valence-electron chi connectivity index (χ4n) is 3.68. The van der Waals surface area contributed by atoms with Crippen molar-refractivity contribution in [3.63, 3.8) is 0 Å². The van der Waals surface area contributed by atoms with Crippen LogP contribution in [0, 0.1) is 11.8 Å². The van der Waals surface area contributed by atoms with Crippen molar-refractivity contribution in [2.24, 2.45) is 11.8 Å². The van der Waals surface area contributed by atoms with Crippen molar-refractivity contribution >= 4 is 12.0 Å². The molecule has 2 unspecified atom stereocenters. The largest absolute Gasteiger partial charge is 0.493 e. The minimum absolute atomic E-state index is 0.0745. The van der Waals surface area contributed by atoms with Gasteiger partial charge in [0, 0.05) is 32.3 Å². The predicted octanol–water partition coefficient (Wildman–Crippen LogP) is 3.59. The van der Waals surface area contributed by atoms with Crippen molar-refractivity contribution in [2.45, 2.75) is 40.2 Å². The van der Waals surface area contributed by atoms with Gasteiger partial charge in [-0.25, -0.2) is 0 Å². The normalized spacial score (nSPS) is 20.8. The number of rotatable bonds is 8. The third-order valence-corrected chi connectivity index (χ3v) is 4.65. The van der Waals surface area contributed by atoms with Crippen molar-refractivity contribution in [1.29, 1.82) is 0 Å². The van der Waals surface area contributed by atoms with E-state index in [1.807, 2.05) is 32.0 Å². The van der Waals surface area contributed by atoms with Crippen molar-refractivity contribution in [2.75, 3.05) is 33.3 Å². The Morgan fingerprint density at radius 2 is 1.96 bits per heavy atom. The van der Waals surface area contributed by atoms with Gasteiger partial charge in [0.2, 0.25) is 5.91 Å². The smallest absolute Gasteiger partial charge is 0.244 e. The second-order valence-corrected chi connectivity index (χ2v) is 7.91. The fourth-order valence-corrected chi connectivity index (χ4v) is 3.68. The number of amides is 1. The van der Waals surface area contributed by atoms with Crippen LogP contribution in [0.5, 0.6) is 11.5 Å². The van der Waals surface area contributed by atoms with Crippen LogP contribution in [0.2, 0.25) is 0 Å². The number of likely N-dealkylation sites (tertiary alicyclic amines) is 1. The number of benzene rings is 1. The van der Waals surface area contributed by atoms with Gasteiger partial charge in [0.05, 0.1) is 13.2 Å². The molecule has 0 aliphatic carbocycles.